The molecule has 0 spiro atoms. The summed E-state index contributed by atoms with van der Waals surface area (Å²) in [6.45, 7) is 23.1. The van der Waals surface area contributed by atoms with Crippen molar-refractivity contribution in [2.45, 2.75) is 60.9 Å². The predicted molar refractivity (Wildman–Crippen MR) is 293 cm³/mol. The second-order valence-corrected chi connectivity index (χ2v) is 17.7. The molecule has 0 heterocycles. The van der Waals surface area contributed by atoms with E-state index in [4.69, 9.17) is 0 Å². The summed E-state index contributed by atoms with van der Waals surface area (Å²) >= 11 is 0. The lowest BCUT2D eigenvalue weighted by Gasteiger charge is -2.30. The van der Waals surface area contributed by atoms with E-state index in [0.717, 1.165) is 51.8 Å². The molecule has 3 heteroatoms. The summed E-state index contributed by atoms with van der Waals surface area (Å²) in [7, 11) is 2.11. The highest BCUT2D eigenvalue weighted by molar-refractivity contribution is 5.82. The van der Waals surface area contributed by atoms with E-state index in [0.29, 0.717) is 0 Å². The van der Waals surface area contributed by atoms with E-state index in [1.807, 2.05) is 13.0 Å². The zero-order chi connectivity index (χ0) is 47.5. The molecule has 0 bridgehead atoms. The van der Waals surface area contributed by atoms with Crippen molar-refractivity contribution in [1.82, 2.24) is 0 Å². The maximum atomic E-state index is 4.12. The summed E-state index contributed by atoms with van der Waals surface area (Å²) in [6, 6.07) is 49.2. The average Bonchev–Trinajstić information content (AvgIpc) is 3.55. The zero-order valence-corrected chi connectivity index (χ0v) is 40.7. The minimum absolute atomic E-state index is 0.0618. The number of benzene rings is 6. The van der Waals surface area contributed by atoms with Gasteiger partial charge in [0.2, 0.25) is 0 Å². The summed E-state index contributed by atoms with van der Waals surface area (Å²) < 4.78 is 0. The van der Waals surface area contributed by atoms with Crippen LogP contribution in [0.4, 0.5) is 28.4 Å². The van der Waals surface area contributed by atoms with Gasteiger partial charge >= 0.3 is 0 Å². The zero-order valence-electron chi connectivity index (χ0n) is 40.7. The summed E-state index contributed by atoms with van der Waals surface area (Å²) in [5, 5.41) is 0. The van der Waals surface area contributed by atoms with Gasteiger partial charge in [0.05, 0.1) is 6.04 Å². The Morgan fingerprint density at radius 1 is 0.597 bits per heavy atom. The minimum Gasteiger partial charge on any atom is -0.345 e. The molecule has 0 fully saturated rings. The van der Waals surface area contributed by atoms with Crippen LogP contribution in [0.3, 0.4) is 0 Å². The standard InChI is InChI=1S/C64H65N3/c1-11-15-56(65(10)57-33-21-48(6)22-34-57)18-14-17-52-44-63(53-28-40-61(41-29-53)66(55(12-2)32-20-46(3)4)59-36-24-49(7)25-37-59)51(9)64(45-52)54-30-42-62(43-31-54)67(60-38-26-50(8)27-39-60)58-19-13-16-47(5)23-35-58/h11-16,18-45,58H,1,3,17H2,2,4-10H3/b18-14-,32-20-,55-12+,56-15+. The molecule has 0 aromatic heterocycles. The average molecular weight is 876 g/mol. The first kappa shape index (κ1) is 47.3. The van der Waals surface area contributed by atoms with Gasteiger partial charge in [0.1, 0.15) is 0 Å². The molecule has 6 aromatic carbocycles. The third-order valence-corrected chi connectivity index (χ3v) is 12.3. The lowest BCUT2D eigenvalue weighted by molar-refractivity contribution is 0.943. The summed E-state index contributed by atoms with van der Waals surface area (Å²) in [5.74, 6) is 0. The normalized spacial score (nSPS) is 14.0. The van der Waals surface area contributed by atoms with Crippen molar-refractivity contribution < 1.29 is 0 Å². The lowest BCUT2D eigenvalue weighted by Crippen LogP contribution is -2.27. The van der Waals surface area contributed by atoms with Crippen molar-refractivity contribution >= 4 is 28.4 Å². The smallest absolute Gasteiger partial charge is 0.0712 e. The molecule has 0 amide bonds. The van der Waals surface area contributed by atoms with Crippen molar-refractivity contribution in [1.29, 1.82) is 0 Å². The molecule has 1 atom stereocenters. The first-order chi connectivity index (χ1) is 32.4. The Balaban J connectivity index is 1.30. The van der Waals surface area contributed by atoms with Crippen LogP contribution in [0.1, 0.15) is 48.6 Å². The van der Waals surface area contributed by atoms with Crippen molar-refractivity contribution in [3.63, 3.8) is 0 Å². The van der Waals surface area contributed by atoms with Crippen LogP contribution in [0.5, 0.6) is 0 Å². The van der Waals surface area contributed by atoms with E-state index < -0.39 is 0 Å². The number of aryl methyl sites for hydroxylation is 3. The molecule has 1 unspecified atom stereocenters. The van der Waals surface area contributed by atoms with Crippen LogP contribution >= 0.6 is 0 Å². The molecule has 67 heavy (non-hydrogen) atoms. The quantitative estimate of drug-likeness (QED) is 0.0897. The first-order valence-corrected chi connectivity index (χ1v) is 23.3. The van der Waals surface area contributed by atoms with Crippen LogP contribution in [-0.2, 0) is 6.42 Å². The van der Waals surface area contributed by atoms with Gasteiger partial charge in [-0.05, 0) is 167 Å². The first-order valence-electron chi connectivity index (χ1n) is 23.3. The van der Waals surface area contributed by atoms with E-state index in [1.165, 1.54) is 55.6 Å². The van der Waals surface area contributed by atoms with Gasteiger partial charge in [-0.15, -0.1) is 0 Å². The number of hydrogen-bond acceptors (Lipinski definition) is 3. The van der Waals surface area contributed by atoms with Crippen molar-refractivity contribution in [3.8, 4) is 22.3 Å². The highest BCUT2D eigenvalue weighted by Gasteiger charge is 2.19. The minimum atomic E-state index is 0.0618. The third kappa shape index (κ3) is 11.8. The van der Waals surface area contributed by atoms with E-state index >= 15 is 0 Å². The lowest BCUT2D eigenvalue weighted by atomic mass is 9.89. The van der Waals surface area contributed by atoms with E-state index in [1.54, 1.807) is 0 Å². The Labute approximate surface area is 401 Å². The SMILES string of the molecule is C=C/C=C(\C=C/Cc1cc(-c2ccc(N(C(/C=C\C(=C)C)=C/C)c3ccc(C)cc3)cc2)c(C)c(-c2ccc(N(c3ccc(C)cc3)C3C=CC=C(C)C=C3)cc2)c1)N(C)c1ccc(C)cc1. The number of allylic oxidation sites excluding steroid dienone is 12. The topological polar surface area (TPSA) is 9.72 Å². The van der Waals surface area contributed by atoms with Crippen LogP contribution in [0, 0.1) is 27.7 Å². The maximum Gasteiger partial charge on any atom is 0.0712 e. The number of hydrogen-bond donors (Lipinski definition) is 0. The number of likely N-dealkylation sites (N-methyl/N-ethyl adjacent to an activating group) is 1. The Morgan fingerprint density at radius 2 is 1.09 bits per heavy atom. The van der Waals surface area contributed by atoms with E-state index in [9.17, 15) is 0 Å². The van der Waals surface area contributed by atoms with Gasteiger partial charge in [-0.2, -0.15) is 0 Å². The van der Waals surface area contributed by atoms with Crippen molar-refractivity contribution in [3.05, 3.63) is 270 Å². The number of nitrogens with zero attached hydrogens (tertiary/aromatic N) is 3. The van der Waals surface area contributed by atoms with Crippen molar-refractivity contribution in [2.75, 3.05) is 21.7 Å². The molecule has 6 aromatic rings. The highest BCUT2D eigenvalue weighted by Crippen LogP contribution is 2.39. The van der Waals surface area contributed by atoms with Gasteiger partial charge in [0.25, 0.3) is 0 Å². The molecule has 7 rings (SSSR count). The fourth-order valence-corrected chi connectivity index (χ4v) is 8.45. The Kier molecular flexibility index (Phi) is 15.6. The number of anilines is 5. The second kappa shape index (κ2) is 22.0. The molecule has 3 nitrogen and oxygen atoms in total. The molecule has 336 valence electrons. The molecular formula is C64H65N3. The molecule has 0 saturated carbocycles. The van der Waals surface area contributed by atoms with Gasteiger partial charge in [-0.1, -0.05) is 168 Å². The van der Waals surface area contributed by atoms with Crippen molar-refractivity contribution in [2.24, 2.45) is 0 Å². The van der Waals surface area contributed by atoms with Gasteiger partial charge in [-0.25, -0.2) is 0 Å². The summed E-state index contributed by atoms with van der Waals surface area (Å²) in [6.07, 6.45) is 26.6. The van der Waals surface area contributed by atoms with Crippen LogP contribution in [-0.4, -0.2) is 13.1 Å². The number of rotatable bonds is 16. The van der Waals surface area contributed by atoms with Gasteiger partial charge in [0, 0.05) is 46.9 Å². The van der Waals surface area contributed by atoms with Crippen LogP contribution in [0.25, 0.3) is 22.3 Å². The molecule has 1 aliphatic carbocycles. The third-order valence-electron chi connectivity index (χ3n) is 12.3. The molecule has 0 N–H and O–H groups in total. The molecule has 0 aliphatic heterocycles. The van der Waals surface area contributed by atoms with Gasteiger partial charge in [0.15, 0.2) is 0 Å². The fourth-order valence-electron chi connectivity index (χ4n) is 8.45. The molecule has 0 radical (unpaired) electrons. The van der Waals surface area contributed by atoms with Gasteiger partial charge in [-0.3, -0.25) is 0 Å². The monoisotopic (exact) mass is 876 g/mol. The predicted octanol–water partition coefficient (Wildman–Crippen LogP) is 17.3. The Morgan fingerprint density at radius 3 is 1.60 bits per heavy atom. The molecular weight excluding hydrogens is 811 g/mol. The van der Waals surface area contributed by atoms with E-state index in [2.05, 4.69) is 277 Å². The summed E-state index contributed by atoms with van der Waals surface area (Å²) in [4.78, 5) is 6.93. The van der Waals surface area contributed by atoms with Crippen LogP contribution < -0.4 is 14.7 Å². The Hall–Kier alpha value is -7.62. The van der Waals surface area contributed by atoms with Crippen LogP contribution in [0.15, 0.2) is 242 Å². The molecule has 1 aliphatic rings. The van der Waals surface area contributed by atoms with E-state index in [-0.39, 0.29) is 6.04 Å². The largest absolute Gasteiger partial charge is 0.345 e. The summed E-state index contributed by atoms with van der Waals surface area (Å²) in [5.41, 5.74) is 20.9. The second-order valence-electron chi connectivity index (χ2n) is 17.7. The molecule has 0 saturated heterocycles. The maximum absolute atomic E-state index is 4.12. The van der Waals surface area contributed by atoms with Gasteiger partial charge < -0.3 is 14.7 Å². The fraction of sp³-hybridized carbons (Fsp3) is 0.156. The Bertz CT molecular complexity index is 2890. The van der Waals surface area contributed by atoms with Crippen LogP contribution in [0.2, 0.25) is 0 Å². The highest BCUT2D eigenvalue weighted by atomic mass is 15.2.